The molecule has 1 fully saturated rings. The highest BCUT2D eigenvalue weighted by Gasteiger charge is 2.24. The average molecular weight is 328 g/mol. The zero-order valence-corrected chi connectivity index (χ0v) is 13.9. The van der Waals surface area contributed by atoms with Crippen molar-refractivity contribution in [1.29, 1.82) is 5.41 Å². The fraction of sp³-hybridized carbons (Fsp3) is 0.143. The van der Waals surface area contributed by atoms with E-state index in [-0.39, 0.29) is 0 Å². The Morgan fingerprint density at radius 2 is 1.84 bits per heavy atom. The zero-order valence-electron chi connectivity index (χ0n) is 13.9. The number of nitrogens with zero attached hydrogens (tertiary/aromatic N) is 1. The lowest BCUT2D eigenvalue weighted by Crippen LogP contribution is -1.97. The van der Waals surface area contributed by atoms with E-state index in [1.807, 2.05) is 24.3 Å². The van der Waals surface area contributed by atoms with Gasteiger partial charge in [0, 0.05) is 28.6 Å². The van der Waals surface area contributed by atoms with Crippen LogP contribution in [-0.2, 0) is 0 Å². The van der Waals surface area contributed by atoms with Crippen LogP contribution in [0.1, 0.15) is 29.9 Å². The molecular weight excluding hydrogens is 308 g/mol. The van der Waals surface area contributed by atoms with Crippen molar-refractivity contribution >= 4 is 17.6 Å². The van der Waals surface area contributed by atoms with Gasteiger partial charge in [0.15, 0.2) is 0 Å². The molecule has 0 spiro atoms. The highest BCUT2D eigenvalue weighted by atomic mass is 14.7. The van der Waals surface area contributed by atoms with Gasteiger partial charge < -0.3 is 16.9 Å². The molecule has 25 heavy (non-hydrogen) atoms. The van der Waals surface area contributed by atoms with Crippen LogP contribution in [-0.4, -0.2) is 11.2 Å². The van der Waals surface area contributed by atoms with E-state index >= 15 is 0 Å². The summed E-state index contributed by atoms with van der Waals surface area (Å²) < 4.78 is 0. The van der Waals surface area contributed by atoms with Crippen LogP contribution in [0.15, 0.2) is 54.7 Å². The average Bonchev–Trinajstić information content (AvgIpc) is 3.47. The van der Waals surface area contributed by atoms with E-state index in [4.69, 9.17) is 16.9 Å². The van der Waals surface area contributed by atoms with Gasteiger partial charge in [-0.2, -0.15) is 0 Å². The van der Waals surface area contributed by atoms with Crippen LogP contribution in [0.25, 0.3) is 22.4 Å². The summed E-state index contributed by atoms with van der Waals surface area (Å²) in [6.07, 6.45) is 5.50. The van der Waals surface area contributed by atoms with Crippen LogP contribution in [0.3, 0.4) is 0 Å². The van der Waals surface area contributed by atoms with Crippen LogP contribution in [0.2, 0.25) is 0 Å². The van der Waals surface area contributed by atoms with E-state index in [0.29, 0.717) is 22.9 Å². The normalized spacial score (nSPS) is 13.6. The van der Waals surface area contributed by atoms with E-state index in [1.165, 1.54) is 24.6 Å². The smallest absolute Gasteiger partial charge is 0.0782 e. The molecule has 0 amide bonds. The summed E-state index contributed by atoms with van der Waals surface area (Å²) in [5, 5.41) is 7.54. The van der Waals surface area contributed by atoms with Gasteiger partial charge in [-0.25, -0.2) is 0 Å². The van der Waals surface area contributed by atoms with Crippen molar-refractivity contribution in [3.05, 3.63) is 65.9 Å². The molecule has 1 heterocycles. The fourth-order valence-electron chi connectivity index (χ4n) is 3.15. The third kappa shape index (κ3) is 2.98. The van der Waals surface area contributed by atoms with E-state index in [0.717, 1.165) is 22.4 Å². The monoisotopic (exact) mass is 328 g/mol. The Hall–Kier alpha value is -3.14. The van der Waals surface area contributed by atoms with Gasteiger partial charge in [0.05, 0.1) is 17.6 Å². The minimum atomic E-state index is 0.591. The van der Waals surface area contributed by atoms with Gasteiger partial charge in [-0.05, 0) is 54.2 Å². The van der Waals surface area contributed by atoms with Gasteiger partial charge >= 0.3 is 0 Å². The van der Waals surface area contributed by atoms with Crippen molar-refractivity contribution in [1.82, 2.24) is 4.98 Å². The van der Waals surface area contributed by atoms with Crippen LogP contribution >= 0.6 is 0 Å². The van der Waals surface area contributed by atoms with Gasteiger partial charge in [-0.3, -0.25) is 4.98 Å². The van der Waals surface area contributed by atoms with Gasteiger partial charge in [0.25, 0.3) is 0 Å². The van der Waals surface area contributed by atoms with Crippen molar-refractivity contribution < 1.29 is 0 Å². The lowest BCUT2D eigenvalue weighted by molar-refractivity contribution is 1.13. The van der Waals surface area contributed by atoms with Crippen molar-refractivity contribution in [2.45, 2.75) is 18.8 Å². The van der Waals surface area contributed by atoms with Crippen molar-refractivity contribution in [3.63, 3.8) is 0 Å². The maximum absolute atomic E-state index is 7.54. The largest absolute Gasteiger partial charge is 0.398 e. The third-order valence-electron chi connectivity index (χ3n) is 4.67. The second-order valence-electron chi connectivity index (χ2n) is 6.55. The molecule has 0 unspecified atom stereocenters. The molecule has 1 aliphatic carbocycles. The second-order valence-corrected chi connectivity index (χ2v) is 6.55. The number of hydrogen-bond acceptors (Lipinski definition) is 4. The summed E-state index contributed by atoms with van der Waals surface area (Å²) in [7, 11) is 0. The number of benzene rings is 2. The standard InChI is InChI=1S/C21H20N4/c22-11-17-9-15(6-7-20(17)24)19-10-18(23)12-25-21(19)16-3-1-2-14(8-16)13-4-5-13/h1-3,6-13,22H,4-5,23-24H2. The number of hydrogen-bond donors (Lipinski definition) is 3. The van der Waals surface area contributed by atoms with E-state index in [1.54, 1.807) is 6.20 Å². The Bertz CT molecular complexity index is 958. The SMILES string of the molecule is N=Cc1cc(-c2cc(N)cnc2-c2cccc(C3CC3)c2)ccc1N. The van der Waals surface area contributed by atoms with Crippen molar-refractivity contribution in [2.75, 3.05) is 11.5 Å². The van der Waals surface area contributed by atoms with Gasteiger partial charge in [0.2, 0.25) is 0 Å². The molecule has 0 aliphatic heterocycles. The second kappa shape index (κ2) is 6.06. The Balaban J connectivity index is 1.87. The van der Waals surface area contributed by atoms with Gasteiger partial charge in [0.1, 0.15) is 0 Å². The van der Waals surface area contributed by atoms with E-state index in [9.17, 15) is 0 Å². The molecule has 4 rings (SSSR count). The first kappa shape index (κ1) is 15.4. The molecule has 4 heteroatoms. The molecule has 3 aromatic rings. The predicted molar refractivity (Wildman–Crippen MR) is 104 cm³/mol. The molecule has 0 bridgehead atoms. The molecule has 0 saturated heterocycles. The molecular formula is C21H20N4. The first-order valence-corrected chi connectivity index (χ1v) is 8.42. The summed E-state index contributed by atoms with van der Waals surface area (Å²) in [5.41, 5.74) is 19.1. The Morgan fingerprint density at radius 1 is 1.00 bits per heavy atom. The number of anilines is 2. The predicted octanol–water partition coefficient (Wildman–Crippen LogP) is 4.46. The molecule has 1 aliphatic rings. The zero-order chi connectivity index (χ0) is 17.4. The molecule has 124 valence electrons. The number of nitrogen functional groups attached to an aromatic ring is 2. The Kier molecular flexibility index (Phi) is 3.73. The quantitative estimate of drug-likeness (QED) is 0.488. The summed E-state index contributed by atoms with van der Waals surface area (Å²) in [6.45, 7) is 0. The number of rotatable bonds is 4. The minimum absolute atomic E-state index is 0.591. The number of aromatic nitrogens is 1. The summed E-state index contributed by atoms with van der Waals surface area (Å²) >= 11 is 0. The number of pyridine rings is 1. The maximum atomic E-state index is 7.54. The molecule has 0 atom stereocenters. The fourth-order valence-corrected chi connectivity index (χ4v) is 3.15. The highest BCUT2D eigenvalue weighted by molar-refractivity contribution is 5.90. The maximum Gasteiger partial charge on any atom is 0.0782 e. The minimum Gasteiger partial charge on any atom is -0.398 e. The first-order chi connectivity index (χ1) is 12.2. The number of nitrogens with one attached hydrogen (secondary N) is 1. The molecule has 1 aromatic heterocycles. The Morgan fingerprint density at radius 3 is 2.60 bits per heavy atom. The van der Waals surface area contributed by atoms with E-state index in [2.05, 4.69) is 29.2 Å². The van der Waals surface area contributed by atoms with Crippen LogP contribution in [0, 0.1) is 5.41 Å². The lowest BCUT2D eigenvalue weighted by atomic mass is 9.95. The topological polar surface area (TPSA) is 88.8 Å². The molecule has 2 aromatic carbocycles. The van der Waals surface area contributed by atoms with E-state index < -0.39 is 0 Å². The van der Waals surface area contributed by atoms with Crippen molar-refractivity contribution in [3.8, 4) is 22.4 Å². The van der Waals surface area contributed by atoms with Gasteiger partial charge in [-0.15, -0.1) is 0 Å². The molecule has 5 N–H and O–H groups in total. The molecule has 0 radical (unpaired) electrons. The van der Waals surface area contributed by atoms with Crippen LogP contribution in [0.5, 0.6) is 0 Å². The van der Waals surface area contributed by atoms with Crippen molar-refractivity contribution in [2.24, 2.45) is 0 Å². The third-order valence-corrected chi connectivity index (χ3v) is 4.67. The highest BCUT2D eigenvalue weighted by Crippen LogP contribution is 2.42. The lowest BCUT2D eigenvalue weighted by Gasteiger charge is -2.12. The summed E-state index contributed by atoms with van der Waals surface area (Å²) in [5.74, 6) is 0.693. The summed E-state index contributed by atoms with van der Waals surface area (Å²) in [6, 6.07) is 16.2. The first-order valence-electron chi connectivity index (χ1n) is 8.42. The number of nitrogens with two attached hydrogens (primary N) is 2. The van der Waals surface area contributed by atoms with Crippen LogP contribution < -0.4 is 11.5 Å². The Labute approximate surface area is 147 Å². The molecule has 4 nitrogen and oxygen atoms in total. The van der Waals surface area contributed by atoms with Gasteiger partial charge in [-0.1, -0.05) is 24.3 Å². The van der Waals surface area contributed by atoms with Crippen LogP contribution in [0.4, 0.5) is 11.4 Å². The molecule has 1 saturated carbocycles. The summed E-state index contributed by atoms with van der Waals surface area (Å²) in [4.78, 5) is 4.61.